The Labute approximate surface area is 163 Å². The second kappa shape index (κ2) is 8.33. The summed E-state index contributed by atoms with van der Waals surface area (Å²) in [5.41, 5.74) is 2.10. The third-order valence-electron chi connectivity index (χ3n) is 4.91. The molecule has 146 valence electrons. The lowest BCUT2D eigenvalue weighted by molar-refractivity contribution is -0.151. The van der Waals surface area contributed by atoms with Gasteiger partial charge in [0.25, 0.3) is 0 Å². The highest BCUT2D eigenvalue weighted by atomic mass is 19.1. The molecule has 1 aliphatic heterocycles. The van der Waals surface area contributed by atoms with E-state index in [1.54, 1.807) is 4.90 Å². The van der Waals surface area contributed by atoms with Gasteiger partial charge < -0.3 is 9.64 Å². The van der Waals surface area contributed by atoms with Crippen LogP contribution in [0.5, 0.6) is 0 Å². The monoisotopic (exact) mass is 383 g/mol. The number of hydrogen-bond donors (Lipinski definition) is 0. The number of para-hydroxylation sites is 1. The number of esters is 1. The molecule has 1 heterocycles. The number of carbonyl (C=O) groups excluding carboxylic acids is 3. The first-order chi connectivity index (χ1) is 13.4. The molecule has 28 heavy (non-hydrogen) atoms. The molecule has 0 N–H and O–H groups in total. The zero-order valence-electron chi connectivity index (χ0n) is 15.9. The Bertz CT molecular complexity index is 894. The Morgan fingerprint density at radius 1 is 1.18 bits per heavy atom. The average Bonchev–Trinajstić information content (AvgIpc) is 3.09. The lowest BCUT2D eigenvalue weighted by Crippen LogP contribution is -2.30. The summed E-state index contributed by atoms with van der Waals surface area (Å²) in [6.45, 7) is 3.71. The molecule has 1 fully saturated rings. The number of Topliss-reactive ketones (excluding diaryl/α,β-unsaturated/α-hetero) is 1. The summed E-state index contributed by atoms with van der Waals surface area (Å²) in [4.78, 5) is 38.9. The molecule has 0 bridgehead atoms. The predicted molar refractivity (Wildman–Crippen MR) is 103 cm³/mol. The highest BCUT2D eigenvalue weighted by Gasteiger charge is 2.37. The number of rotatable bonds is 6. The molecule has 2 aromatic carbocycles. The summed E-state index contributed by atoms with van der Waals surface area (Å²) in [6, 6.07) is 12.7. The van der Waals surface area contributed by atoms with Crippen molar-refractivity contribution in [1.29, 1.82) is 0 Å². The van der Waals surface area contributed by atoms with Crippen molar-refractivity contribution in [2.75, 3.05) is 11.4 Å². The van der Waals surface area contributed by atoms with E-state index in [1.807, 2.05) is 31.2 Å². The van der Waals surface area contributed by atoms with Gasteiger partial charge in [-0.3, -0.25) is 14.4 Å². The molecule has 0 unspecified atom stereocenters. The van der Waals surface area contributed by atoms with Crippen LogP contribution in [0.25, 0.3) is 0 Å². The van der Waals surface area contributed by atoms with Crippen molar-refractivity contribution in [3.63, 3.8) is 0 Å². The molecule has 1 amide bonds. The maximum Gasteiger partial charge on any atom is 0.312 e. The third-order valence-corrected chi connectivity index (χ3v) is 4.91. The number of aryl methyl sites for hydroxylation is 1. The molecule has 0 aliphatic carbocycles. The quantitative estimate of drug-likeness (QED) is 0.565. The number of carbonyl (C=O) groups is 3. The number of anilines is 1. The number of nitrogens with zero attached hydrogens (tertiary/aromatic N) is 1. The van der Waals surface area contributed by atoms with E-state index in [0.29, 0.717) is 0 Å². The van der Waals surface area contributed by atoms with Gasteiger partial charge in [-0.25, -0.2) is 4.39 Å². The van der Waals surface area contributed by atoms with Crippen LogP contribution >= 0.6 is 0 Å². The first-order valence-corrected chi connectivity index (χ1v) is 9.29. The SMILES string of the molecule is CCc1ccccc1N1C[C@H](C(=O)O[C@H](C)C(=O)c2ccc(F)cc2)CC1=O. The van der Waals surface area contributed by atoms with Crippen LogP contribution in [-0.4, -0.2) is 30.3 Å². The van der Waals surface area contributed by atoms with Crippen LogP contribution < -0.4 is 4.90 Å². The summed E-state index contributed by atoms with van der Waals surface area (Å²) in [7, 11) is 0. The molecule has 2 atom stereocenters. The third kappa shape index (κ3) is 4.11. The number of ether oxygens (including phenoxy) is 1. The molecule has 1 aliphatic rings. The van der Waals surface area contributed by atoms with Gasteiger partial charge in [-0.1, -0.05) is 25.1 Å². The molecule has 5 nitrogen and oxygen atoms in total. The van der Waals surface area contributed by atoms with Crippen molar-refractivity contribution in [2.24, 2.45) is 5.92 Å². The second-order valence-electron chi connectivity index (χ2n) is 6.84. The van der Waals surface area contributed by atoms with E-state index in [1.165, 1.54) is 31.2 Å². The van der Waals surface area contributed by atoms with Gasteiger partial charge in [0.2, 0.25) is 11.7 Å². The molecular weight excluding hydrogens is 361 g/mol. The van der Waals surface area contributed by atoms with Crippen molar-refractivity contribution in [2.45, 2.75) is 32.8 Å². The normalized spacial score (nSPS) is 17.5. The van der Waals surface area contributed by atoms with Crippen LogP contribution in [0.1, 0.15) is 36.2 Å². The highest BCUT2D eigenvalue weighted by molar-refractivity contribution is 6.02. The van der Waals surface area contributed by atoms with E-state index in [4.69, 9.17) is 4.74 Å². The fraction of sp³-hybridized carbons (Fsp3) is 0.318. The van der Waals surface area contributed by atoms with Gasteiger partial charge in [-0.05, 0) is 49.2 Å². The van der Waals surface area contributed by atoms with Crippen molar-refractivity contribution >= 4 is 23.3 Å². The van der Waals surface area contributed by atoms with Crippen LogP contribution in [0.15, 0.2) is 48.5 Å². The lowest BCUT2D eigenvalue weighted by atomic mass is 10.1. The maximum atomic E-state index is 13.0. The van der Waals surface area contributed by atoms with Gasteiger partial charge in [0.1, 0.15) is 5.82 Å². The molecule has 1 saturated heterocycles. The zero-order chi connectivity index (χ0) is 20.3. The minimum absolute atomic E-state index is 0.0499. The Balaban J connectivity index is 1.66. The molecule has 2 aromatic rings. The lowest BCUT2D eigenvalue weighted by Gasteiger charge is -2.20. The second-order valence-corrected chi connectivity index (χ2v) is 6.84. The van der Waals surface area contributed by atoms with Crippen LogP contribution in [0.2, 0.25) is 0 Å². The summed E-state index contributed by atoms with van der Waals surface area (Å²) >= 11 is 0. The van der Waals surface area contributed by atoms with Crippen molar-refractivity contribution in [1.82, 2.24) is 0 Å². The molecule has 3 rings (SSSR count). The van der Waals surface area contributed by atoms with Crippen LogP contribution in [0.4, 0.5) is 10.1 Å². The van der Waals surface area contributed by atoms with E-state index in [0.717, 1.165) is 17.7 Å². The van der Waals surface area contributed by atoms with Crippen molar-refractivity contribution in [3.8, 4) is 0 Å². The molecule has 0 aromatic heterocycles. The first kappa shape index (κ1) is 19.7. The number of hydrogen-bond acceptors (Lipinski definition) is 4. The van der Waals surface area contributed by atoms with E-state index < -0.39 is 29.6 Å². The molecular formula is C22H22FNO4. The van der Waals surface area contributed by atoms with Gasteiger partial charge in [0, 0.05) is 24.2 Å². The number of benzene rings is 2. The van der Waals surface area contributed by atoms with Crippen LogP contribution in [-0.2, 0) is 20.7 Å². The molecule has 0 radical (unpaired) electrons. The fourth-order valence-corrected chi connectivity index (χ4v) is 3.34. The summed E-state index contributed by atoms with van der Waals surface area (Å²) < 4.78 is 18.3. The minimum Gasteiger partial charge on any atom is -0.454 e. The Morgan fingerprint density at radius 2 is 1.86 bits per heavy atom. The van der Waals surface area contributed by atoms with Crippen LogP contribution in [0.3, 0.4) is 0 Å². The topological polar surface area (TPSA) is 63.7 Å². The molecule has 0 saturated carbocycles. The van der Waals surface area contributed by atoms with E-state index >= 15 is 0 Å². The number of amides is 1. The summed E-state index contributed by atoms with van der Waals surface area (Å²) in [5, 5.41) is 0. The maximum absolute atomic E-state index is 13.0. The first-order valence-electron chi connectivity index (χ1n) is 9.29. The predicted octanol–water partition coefficient (Wildman–Crippen LogP) is 3.56. The average molecular weight is 383 g/mol. The molecule has 0 spiro atoms. The molecule has 6 heteroatoms. The van der Waals surface area contributed by atoms with Gasteiger partial charge in [-0.15, -0.1) is 0 Å². The Hall–Kier alpha value is -3.02. The summed E-state index contributed by atoms with van der Waals surface area (Å²) in [5.74, 6) is -2.20. The Morgan fingerprint density at radius 3 is 2.54 bits per heavy atom. The van der Waals surface area contributed by atoms with Gasteiger partial charge in [0.15, 0.2) is 6.10 Å². The van der Waals surface area contributed by atoms with E-state index in [-0.39, 0.29) is 24.4 Å². The van der Waals surface area contributed by atoms with Gasteiger partial charge >= 0.3 is 5.97 Å². The number of ketones is 1. The largest absolute Gasteiger partial charge is 0.454 e. The minimum atomic E-state index is -1.01. The van der Waals surface area contributed by atoms with Gasteiger partial charge in [0.05, 0.1) is 5.92 Å². The van der Waals surface area contributed by atoms with E-state index in [9.17, 15) is 18.8 Å². The van der Waals surface area contributed by atoms with Crippen LogP contribution in [0, 0.1) is 11.7 Å². The number of halogens is 1. The van der Waals surface area contributed by atoms with E-state index in [2.05, 4.69) is 0 Å². The highest BCUT2D eigenvalue weighted by Crippen LogP contribution is 2.29. The van der Waals surface area contributed by atoms with Crippen molar-refractivity contribution in [3.05, 3.63) is 65.5 Å². The van der Waals surface area contributed by atoms with Crippen molar-refractivity contribution < 1.29 is 23.5 Å². The van der Waals surface area contributed by atoms with Gasteiger partial charge in [-0.2, -0.15) is 0 Å². The summed E-state index contributed by atoms with van der Waals surface area (Å²) in [6.07, 6.45) is -0.183. The Kier molecular flexibility index (Phi) is 5.87. The zero-order valence-corrected chi connectivity index (χ0v) is 15.9. The fourth-order valence-electron chi connectivity index (χ4n) is 3.34. The smallest absolute Gasteiger partial charge is 0.312 e. The standard InChI is InChI=1S/C22H22FNO4/c1-3-15-6-4-5-7-19(15)24-13-17(12-20(24)25)22(27)28-14(2)21(26)16-8-10-18(23)11-9-16/h4-11,14,17H,3,12-13H2,1-2H3/t14-,17-/m1/s1.